The number of fused-ring (bicyclic) bond motifs is 1. The molecular weight excluding hydrogens is 284 g/mol. The van der Waals surface area contributed by atoms with E-state index in [1.165, 1.54) is 30.6 Å². The first kappa shape index (κ1) is 14.3. The molecule has 1 fully saturated rings. The summed E-state index contributed by atoms with van der Waals surface area (Å²) in [6.07, 6.45) is 5.01. The third-order valence-electron chi connectivity index (χ3n) is 3.91. The van der Waals surface area contributed by atoms with Gasteiger partial charge in [-0.3, -0.25) is 4.79 Å². The molecule has 0 atom stereocenters. The van der Waals surface area contributed by atoms with Gasteiger partial charge >= 0.3 is 0 Å². The number of thiophene rings is 1. The van der Waals surface area contributed by atoms with Gasteiger partial charge in [-0.05, 0) is 38.2 Å². The van der Waals surface area contributed by atoms with Crippen LogP contribution in [0.4, 0.5) is 5.82 Å². The van der Waals surface area contributed by atoms with Crippen LogP contribution < -0.4 is 11.1 Å². The lowest BCUT2D eigenvalue weighted by Crippen LogP contribution is -2.24. The number of rotatable bonds is 5. The molecule has 0 spiro atoms. The molecule has 1 amide bonds. The van der Waals surface area contributed by atoms with Gasteiger partial charge in [-0.15, -0.1) is 11.3 Å². The summed E-state index contributed by atoms with van der Waals surface area (Å²) in [5.74, 6) is 1.98. The molecule has 0 unspecified atom stereocenters. The van der Waals surface area contributed by atoms with Crippen molar-refractivity contribution < 1.29 is 4.79 Å². The van der Waals surface area contributed by atoms with Gasteiger partial charge in [-0.2, -0.15) is 0 Å². The quantitative estimate of drug-likeness (QED) is 0.832. The Hall–Kier alpha value is -1.69. The highest BCUT2D eigenvalue weighted by Gasteiger charge is 2.21. The molecule has 0 bridgehead atoms. The first-order chi connectivity index (χ1) is 10.1. The second kappa shape index (κ2) is 5.60. The van der Waals surface area contributed by atoms with Crippen LogP contribution in [0.3, 0.4) is 0 Å². The Labute approximate surface area is 128 Å². The van der Waals surface area contributed by atoms with Gasteiger partial charge in [0.05, 0.1) is 10.3 Å². The van der Waals surface area contributed by atoms with Crippen LogP contribution in [0.2, 0.25) is 0 Å². The molecule has 3 N–H and O–H groups in total. The van der Waals surface area contributed by atoms with Gasteiger partial charge in [0.15, 0.2) is 0 Å². The molecule has 112 valence electrons. The summed E-state index contributed by atoms with van der Waals surface area (Å²) in [6.45, 7) is 4.46. The Morgan fingerprint density at radius 3 is 2.86 bits per heavy atom. The number of hydrogen-bond acceptors (Lipinski definition) is 5. The van der Waals surface area contributed by atoms with Gasteiger partial charge in [0.25, 0.3) is 5.91 Å². The van der Waals surface area contributed by atoms with E-state index in [-0.39, 0.29) is 5.91 Å². The van der Waals surface area contributed by atoms with Crippen LogP contribution in [0.1, 0.15) is 46.7 Å². The van der Waals surface area contributed by atoms with E-state index in [0.29, 0.717) is 16.5 Å². The zero-order chi connectivity index (χ0) is 15.0. The Morgan fingerprint density at radius 1 is 1.38 bits per heavy atom. The van der Waals surface area contributed by atoms with Gasteiger partial charge in [0.2, 0.25) is 0 Å². The van der Waals surface area contributed by atoms with Crippen molar-refractivity contribution in [3.8, 4) is 0 Å². The smallest absolute Gasteiger partial charge is 0.261 e. The van der Waals surface area contributed by atoms with Gasteiger partial charge in [-0.25, -0.2) is 9.97 Å². The molecule has 0 saturated heterocycles. The molecule has 2 aromatic rings. The molecule has 21 heavy (non-hydrogen) atoms. The summed E-state index contributed by atoms with van der Waals surface area (Å²) < 4.78 is 0. The number of aryl methyl sites for hydroxylation is 2. The van der Waals surface area contributed by atoms with Gasteiger partial charge < -0.3 is 11.1 Å². The highest BCUT2D eigenvalue weighted by Crippen LogP contribution is 2.34. The van der Waals surface area contributed by atoms with Crippen molar-refractivity contribution in [2.45, 2.75) is 39.5 Å². The third kappa shape index (κ3) is 3.00. The van der Waals surface area contributed by atoms with Crippen LogP contribution in [0.25, 0.3) is 10.2 Å². The van der Waals surface area contributed by atoms with Crippen molar-refractivity contribution in [1.82, 2.24) is 15.3 Å². The van der Waals surface area contributed by atoms with Gasteiger partial charge in [-0.1, -0.05) is 12.8 Å². The standard InChI is InChI=1S/C15H20N4OS/c1-8-11-13(16)18-9(2)19-15(11)21-12(8)14(20)17-7-3-4-10-5-6-10/h10H,3-7H2,1-2H3,(H,17,20)(H2,16,18,19). The van der Waals surface area contributed by atoms with Crippen LogP contribution in [-0.2, 0) is 0 Å². The number of aromatic nitrogens is 2. The summed E-state index contributed by atoms with van der Waals surface area (Å²) in [5, 5.41) is 3.81. The molecule has 1 aliphatic carbocycles. The van der Waals surface area contributed by atoms with E-state index in [1.807, 2.05) is 13.8 Å². The van der Waals surface area contributed by atoms with Crippen molar-refractivity contribution in [2.24, 2.45) is 5.92 Å². The second-order valence-electron chi connectivity index (χ2n) is 5.73. The Balaban J connectivity index is 1.74. The lowest BCUT2D eigenvalue weighted by atomic mass is 10.2. The van der Waals surface area contributed by atoms with Crippen LogP contribution in [-0.4, -0.2) is 22.4 Å². The molecule has 3 rings (SSSR count). The topological polar surface area (TPSA) is 80.9 Å². The highest BCUT2D eigenvalue weighted by atomic mass is 32.1. The lowest BCUT2D eigenvalue weighted by molar-refractivity contribution is 0.0956. The summed E-state index contributed by atoms with van der Waals surface area (Å²) in [6, 6.07) is 0. The number of amides is 1. The molecule has 5 nitrogen and oxygen atoms in total. The minimum absolute atomic E-state index is 0.0247. The van der Waals surface area contributed by atoms with Crippen LogP contribution in [0.5, 0.6) is 0 Å². The Bertz CT molecular complexity index is 691. The van der Waals surface area contributed by atoms with E-state index >= 15 is 0 Å². The number of carbonyl (C=O) groups is 1. The number of hydrogen-bond donors (Lipinski definition) is 2. The number of anilines is 1. The van der Waals surface area contributed by atoms with E-state index in [2.05, 4.69) is 15.3 Å². The Morgan fingerprint density at radius 2 is 2.14 bits per heavy atom. The molecule has 2 heterocycles. The molecule has 1 aliphatic rings. The number of nitrogen functional groups attached to an aromatic ring is 1. The predicted octanol–water partition coefficient (Wildman–Crippen LogP) is 2.81. The minimum atomic E-state index is -0.0247. The number of nitrogens with two attached hydrogens (primary N) is 1. The lowest BCUT2D eigenvalue weighted by Gasteiger charge is -2.04. The normalized spacial score (nSPS) is 14.6. The first-order valence-corrected chi connectivity index (χ1v) is 8.19. The summed E-state index contributed by atoms with van der Waals surface area (Å²) in [4.78, 5) is 22.3. The first-order valence-electron chi connectivity index (χ1n) is 7.37. The average Bonchev–Trinajstić information content (AvgIpc) is 3.18. The van der Waals surface area contributed by atoms with Crippen molar-refractivity contribution >= 4 is 33.3 Å². The van der Waals surface area contributed by atoms with Crippen molar-refractivity contribution in [2.75, 3.05) is 12.3 Å². The van der Waals surface area contributed by atoms with Crippen LogP contribution >= 0.6 is 11.3 Å². The van der Waals surface area contributed by atoms with E-state index < -0.39 is 0 Å². The maximum absolute atomic E-state index is 12.3. The fraction of sp³-hybridized carbons (Fsp3) is 0.533. The van der Waals surface area contributed by atoms with Crippen molar-refractivity contribution in [3.63, 3.8) is 0 Å². The molecule has 0 aliphatic heterocycles. The predicted molar refractivity (Wildman–Crippen MR) is 85.6 cm³/mol. The van der Waals surface area contributed by atoms with E-state index in [1.54, 1.807) is 0 Å². The average molecular weight is 304 g/mol. The number of nitrogens with zero attached hydrogens (tertiary/aromatic N) is 2. The fourth-order valence-electron chi connectivity index (χ4n) is 2.58. The second-order valence-corrected chi connectivity index (χ2v) is 6.73. The Kier molecular flexibility index (Phi) is 3.80. The molecular formula is C15H20N4OS. The summed E-state index contributed by atoms with van der Waals surface area (Å²) in [5.41, 5.74) is 6.84. The largest absolute Gasteiger partial charge is 0.383 e. The maximum Gasteiger partial charge on any atom is 0.261 e. The molecule has 2 aromatic heterocycles. The third-order valence-corrected chi connectivity index (χ3v) is 5.09. The van der Waals surface area contributed by atoms with Gasteiger partial charge in [0.1, 0.15) is 16.5 Å². The van der Waals surface area contributed by atoms with E-state index in [9.17, 15) is 4.79 Å². The SMILES string of the molecule is Cc1nc(N)c2c(C)c(C(=O)NCCCC3CC3)sc2n1. The minimum Gasteiger partial charge on any atom is -0.383 e. The molecule has 1 saturated carbocycles. The van der Waals surface area contributed by atoms with E-state index in [0.717, 1.165) is 34.7 Å². The van der Waals surface area contributed by atoms with E-state index in [4.69, 9.17) is 5.73 Å². The van der Waals surface area contributed by atoms with Crippen molar-refractivity contribution in [3.05, 3.63) is 16.3 Å². The molecule has 6 heteroatoms. The molecule has 0 aromatic carbocycles. The zero-order valence-corrected chi connectivity index (χ0v) is 13.2. The highest BCUT2D eigenvalue weighted by molar-refractivity contribution is 7.20. The fourth-order valence-corrected chi connectivity index (χ4v) is 3.73. The summed E-state index contributed by atoms with van der Waals surface area (Å²) >= 11 is 1.39. The van der Waals surface area contributed by atoms with Crippen molar-refractivity contribution in [1.29, 1.82) is 0 Å². The maximum atomic E-state index is 12.3. The monoisotopic (exact) mass is 304 g/mol. The van der Waals surface area contributed by atoms with Crippen LogP contribution in [0.15, 0.2) is 0 Å². The number of carbonyl (C=O) groups excluding carboxylic acids is 1. The zero-order valence-electron chi connectivity index (χ0n) is 12.4. The summed E-state index contributed by atoms with van der Waals surface area (Å²) in [7, 11) is 0. The van der Waals surface area contributed by atoms with Gasteiger partial charge in [0, 0.05) is 6.54 Å². The number of nitrogens with one attached hydrogen (secondary N) is 1. The molecule has 0 radical (unpaired) electrons. The van der Waals surface area contributed by atoms with Crippen LogP contribution in [0, 0.1) is 19.8 Å².